The summed E-state index contributed by atoms with van der Waals surface area (Å²) in [6, 6.07) is 0.0602. The van der Waals surface area contributed by atoms with Crippen LogP contribution in [0.15, 0.2) is 0 Å². The van der Waals surface area contributed by atoms with E-state index >= 15 is 0 Å². The van der Waals surface area contributed by atoms with Gasteiger partial charge in [-0.1, -0.05) is 0 Å². The molecule has 1 rings (SSSR count). The van der Waals surface area contributed by atoms with Gasteiger partial charge in [0.25, 0.3) is 0 Å². The predicted molar refractivity (Wildman–Crippen MR) is 35.9 cm³/mol. The zero-order valence-corrected chi connectivity index (χ0v) is 5.92. The quantitative estimate of drug-likeness (QED) is 0.546. The van der Waals surface area contributed by atoms with E-state index in [-0.39, 0.29) is 6.04 Å². The molecule has 1 aliphatic rings. The van der Waals surface area contributed by atoms with Crippen LogP contribution in [0.25, 0.3) is 0 Å². The van der Waals surface area contributed by atoms with Crippen molar-refractivity contribution in [3.05, 3.63) is 0 Å². The molecule has 1 atom stereocenters. The van der Waals surface area contributed by atoms with E-state index in [2.05, 4.69) is 0 Å². The molecule has 2 heteroatoms. The molecule has 9 heavy (non-hydrogen) atoms. The summed E-state index contributed by atoms with van der Waals surface area (Å²) in [4.78, 5) is 12.2. The third-order valence-electron chi connectivity index (χ3n) is 1.75. The maximum Gasteiger partial charge on any atom is 0.217 e. The molecular weight excluding hydrogens is 114 g/mol. The molecule has 1 saturated carbocycles. The van der Waals surface area contributed by atoms with E-state index in [4.69, 9.17) is 0 Å². The van der Waals surface area contributed by atoms with E-state index in [9.17, 15) is 4.79 Å². The molecule has 0 N–H and O–H groups in total. The Bertz CT molecular complexity index is 105. The van der Waals surface area contributed by atoms with Crippen LogP contribution in [0.5, 0.6) is 0 Å². The van der Waals surface area contributed by atoms with Gasteiger partial charge in [-0.3, -0.25) is 9.69 Å². The number of likely N-dealkylation sites (N-methyl/N-ethyl adjacent to an activating group) is 1. The Balaban J connectivity index is 2.37. The molecule has 0 bridgehead atoms. The van der Waals surface area contributed by atoms with Gasteiger partial charge >= 0.3 is 0 Å². The van der Waals surface area contributed by atoms with E-state index in [0.717, 1.165) is 0 Å². The first-order valence-electron chi connectivity index (χ1n) is 3.30. The lowest BCUT2D eigenvalue weighted by molar-refractivity contribution is 0.321. The summed E-state index contributed by atoms with van der Waals surface area (Å²) in [5.41, 5.74) is 0. The largest absolute Gasteiger partial charge is 0.299 e. The molecule has 0 aliphatic heterocycles. The zero-order valence-electron chi connectivity index (χ0n) is 5.92. The predicted octanol–water partition coefficient (Wildman–Crippen LogP) is 0.436. The van der Waals surface area contributed by atoms with E-state index in [1.165, 1.54) is 12.8 Å². The maximum absolute atomic E-state index is 10.3. The average Bonchev–Trinajstić information content (AvgIpc) is 2.50. The average molecular weight is 126 g/mol. The summed E-state index contributed by atoms with van der Waals surface area (Å²) < 4.78 is 0. The highest BCUT2D eigenvalue weighted by Crippen LogP contribution is 2.33. The van der Waals surface area contributed by atoms with Crippen molar-refractivity contribution in [2.75, 3.05) is 14.1 Å². The van der Waals surface area contributed by atoms with Crippen molar-refractivity contribution in [2.45, 2.75) is 18.9 Å². The summed E-state index contributed by atoms with van der Waals surface area (Å²) >= 11 is 0. The number of hydrogen-bond acceptors (Lipinski definition) is 2. The fraction of sp³-hybridized carbons (Fsp3) is 0.857. The van der Waals surface area contributed by atoms with Gasteiger partial charge in [0.15, 0.2) is 0 Å². The minimum absolute atomic E-state index is 0.0602. The number of nitrogens with zero attached hydrogens (tertiary/aromatic N) is 1. The second-order valence-corrected chi connectivity index (χ2v) is 2.86. The summed E-state index contributed by atoms with van der Waals surface area (Å²) in [5, 5.41) is 0. The molecule has 1 aliphatic carbocycles. The van der Waals surface area contributed by atoms with Gasteiger partial charge in [-0.15, -0.1) is 0 Å². The van der Waals surface area contributed by atoms with Gasteiger partial charge in [0, 0.05) is 0 Å². The number of rotatable bonds is 3. The fourth-order valence-corrected chi connectivity index (χ4v) is 1.04. The molecule has 0 aromatic rings. The third kappa shape index (κ3) is 1.52. The molecule has 0 amide bonds. The lowest BCUT2D eigenvalue weighted by Gasteiger charge is -2.15. The Labute approximate surface area is 55.8 Å². The molecule has 0 heterocycles. The normalized spacial score (nSPS) is 22.1. The van der Waals surface area contributed by atoms with Crippen LogP contribution >= 0.6 is 0 Å². The first-order chi connectivity index (χ1) is 4.25. The van der Waals surface area contributed by atoms with Crippen molar-refractivity contribution in [1.29, 1.82) is 0 Å². The second kappa shape index (κ2) is 2.48. The van der Waals surface area contributed by atoms with Gasteiger partial charge in [-0.05, 0) is 32.9 Å². The first kappa shape index (κ1) is 6.75. The monoisotopic (exact) mass is 126 g/mol. The SMILES string of the molecule is CN(C)[C@H]([C]=O)C1CC1. The van der Waals surface area contributed by atoms with Crippen LogP contribution in [0.3, 0.4) is 0 Å². The van der Waals surface area contributed by atoms with Crippen LogP contribution in [-0.2, 0) is 4.79 Å². The summed E-state index contributed by atoms with van der Waals surface area (Å²) in [7, 11) is 3.85. The Morgan fingerprint density at radius 3 is 2.22 bits per heavy atom. The Hall–Kier alpha value is -0.370. The van der Waals surface area contributed by atoms with E-state index in [1.807, 2.05) is 25.3 Å². The van der Waals surface area contributed by atoms with Crippen molar-refractivity contribution in [3.8, 4) is 0 Å². The molecule has 0 spiro atoms. The zero-order chi connectivity index (χ0) is 6.85. The summed E-state index contributed by atoms with van der Waals surface area (Å²) in [6.45, 7) is 0. The van der Waals surface area contributed by atoms with Crippen LogP contribution in [0.2, 0.25) is 0 Å². The minimum Gasteiger partial charge on any atom is -0.299 e. The van der Waals surface area contributed by atoms with E-state index < -0.39 is 0 Å². The highest BCUT2D eigenvalue weighted by molar-refractivity contribution is 5.59. The van der Waals surface area contributed by atoms with Crippen LogP contribution in [0, 0.1) is 5.92 Å². The van der Waals surface area contributed by atoms with Crippen molar-refractivity contribution in [1.82, 2.24) is 4.90 Å². The molecule has 1 radical (unpaired) electrons. The van der Waals surface area contributed by atoms with Crippen LogP contribution < -0.4 is 0 Å². The third-order valence-corrected chi connectivity index (χ3v) is 1.75. The van der Waals surface area contributed by atoms with Crippen molar-refractivity contribution < 1.29 is 4.79 Å². The smallest absolute Gasteiger partial charge is 0.217 e. The standard InChI is InChI=1S/C7H12NO/c1-8(2)7(5-9)6-3-4-6/h6-7H,3-4H2,1-2H3/t7-/m1/s1. The second-order valence-electron chi connectivity index (χ2n) is 2.86. The van der Waals surface area contributed by atoms with Gasteiger partial charge in [0.2, 0.25) is 6.29 Å². The molecule has 0 unspecified atom stereocenters. The van der Waals surface area contributed by atoms with Crippen molar-refractivity contribution >= 4 is 6.29 Å². The Morgan fingerprint density at radius 2 is 2.11 bits per heavy atom. The molecule has 0 aromatic heterocycles. The Kier molecular flexibility index (Phi) is 1.86. The van der Waals surface area contributed by atoms with Gasteiger partial charge in [-0.25, -0.2) is 0 Å². The molecule has 51 valence electrons. The maximum atomic E-state index is 10.3. The summed E-state index contributed by atoms with van der Waals surface area (Å²) in [5.74, 6) is 0.609. The lowest BCUT2D eigenvalue weighted by Crippen LogP contribution is -2.30. The van der Waals surface area contributed by atoms with Crippen molar-refractivity contribution in [3.63, 3.8) is 0 Å². The summed E-state index contributed by atoms with van der Waals surface area (Å²) in [6.07, 6.45) is 4.45. The molecule has 0 aromatic carbocycles. The highest BCUT2D eigenvalue weighted by Gasteiger charge is 2.32. The number of carbonyl (C=O) groups excluding carboxylic acids is 1. The first-order valence-corrected chi connectivity index (χ1v) is 3.30. The van der Waals surface area contributed by atoms with Gasteiger partial charge in [0.1, 0.15) is 0 Å². The molecule has 2 nitrogen and oxygen atoms in total. The lowest BCUT2D eigenvalue weighted by atomic mass is 10.2. The van der Waals surface area contributed by atoms with Gasteiger partial charge < -0.3 is 0 Å². The topological polar surface area (TPSA) is 20.3 Å². The van der Waals surface area contributed by atoms with Crippen LogP contribution in [0.4, 0.5) is 0 Å². The minimum atomic E-state index is 0.0602. The van der Waals surface area contributed by atoms with E-state index in [1.54, 1.807) is 0 Å². The molecular formula is C7H12NO. The van der Waals surface area contributed by atoms with Crippen molar-refractivity contribution in [2.24, 2.45) is 5.92 Å². The highest BCUT2D eigenvalue weighted by atomic mass is 16.1. The van der Waals surface area contributed by atoms with Crippen LogP contribution in [0.1, 0.15) is 12.8 Å². The van der Waals surface area contributed by atoms with E-state index in [0.29, 0.717) is 5.92 Å². The fourth-order valence-electron chi connectivity index (χ4n) is 1.04. The molecule has 1 fully saturated rings. The van der Waals surface area contributed by atoms with Gasteiger partial charge in [-0.2, -0.15) is 0 Å². The van der Waals surface area contributed by atoms with Crippen LogP contribution in [-0.4, -0.2) is 31.3 Å². The van der Waals surface area contributed by atoms with Gasteiger partial charge in [0.05, 0.1) is 6.04 Å². The molecule has 0 saturated heterocycles. The Morgan fingerprint density at radius 1 is 1.56 bits per heavy atom. The number of hydrogen-bond donors (Lipinski definition) is 0.